The molecular formula is C11H13N5O2. The number of H-pyrrole nitrogens is 1. The lowest BCUT2D eigenvalue weighted by Crippen LogP contribution is -2.30. The SMILES string of the molecule is NNC(c1ccc2c(c1)OCCO2)c1ncn[nH]1. The summed E-state index contributed by atoms with van der Waals surface area (Å²) in [4.78, 5) is 4.09. The van der Waals surface area contributed by atoms with Gasteiger partial charge in [0.25, 0.3) is 0 Å². The molecule has 0 aliphatic carbocycles. The lowest BCUT2D eigenvalue weighted by Gasteiger charge is -2.20. The number of hydrogen-bond donors (Lipinski definition) is 3. The number of rotatable bonds is 3. The summed E-state index contributed by atoms with van der Waals surface area (Å²) < 4.78 is 11.0. The minimum Gasteiger partial charge on any atom is -0.486 e. The van der Waals surface area contributed by atoms with Crippen LogP contribution >= 0.6 is 0 Å². The summed E-state index contributed by atoms with van der Waals surface area (Å²) in [6.45, 7) is 1.13. The zero-order valence-corrected chi connectivity index (χ0v) is 9.59. The third-order valence-corrected chi connectivity index (χ3v) is 2.77. The van der Waals surface area contributed by atoms with Crippen LogP contribution in [-0.2, 0) is 0 Å². The van der Waals surface area contributed by atoms with Crippen molar-refractivity contribution in [2.24, 2.45) is 5.84 Å². The predicted molar refractivity (Wildman–Crippen MR) is 63.0 cm³/mol. The van der Waals surface area contributed by atoms with Crippen molar-refractivity contribution in [3.05, 3.63) is 35.9 Å². The van der Waals surface area contributed by atoms with E-state index < -0.39 is 0 Å². The van der Waals surface area contributed by atoms with Crippen LogP contribution in [0.15, 0.2) is 24.5 Å². The summed E-state index contributed by atoms with van der Waals surface area (Å²) in [6.07, 6.45) is 1.44. The van der Waals surface area contributed by atoms with Gasteiger partial charge in [-0.15, -0.1) is 0 Å². The summed E-state index contributed by atoms with van der Waals surface area (Å²) in [5.74, 6) is 7.68. The topological polar surface area (TPSA) is 98.1 Å². The van der Waals surface area contributed by atoms with Gasteiger partial charge in [0.05, 0.1) is 0 Å². The second kappa shape index (κ2) is 4.63. The lowest BCUT2D eigenvalue weighted by atomic mass is 10.1. The second-order valence-electron chi connectivity index (χ2n) is 3.87. The van der Waals surface area contributed by atoms with Crippen molar-refractivity contribution >= 4 is 0 Å². The predicted octanol–water partition coefficient (Wildman–Crippen LogP) is 0.129. The fourth-order valence-electron chi connectivity index (χ4n) is 1.93. The molecule has 0 radical (unpaired) electrons. The van der Waals surface area contributed by atoms with Crippen molar-refractivity contribution in [2.75, 3.05) is 13.2 Å². The van der Waals surface area contributed by atoms with E-state index in [0.29, 0.717) is 19.0 Å². The molecule has 0 fully saturated rings. The molecule has 2 heterocycles. The Morgan fingerprint density at radius 1 is 1.28 bits per heavy atom. The fourth-order valence-corrected chi connectivity index (χ4v) is 1.93. The molecule has 94 valence electrons. The number of fused-ring (bicyclic) bond motifs is 1. The first-order valence-corrected chi connectivity index (χ1v) is 5.59. The third kappa shape index (κ3) is 1.89. The van der Waals surface area contributed by atoms with Gasteiger partial charge in [0.15, 0.2) is 11.5 Å². The molecule has 18 heavy (non-hydrogen) atoms. The van der Waals surface area contributed by atoms with E-state index in [1.807, 2.05) is 18.2 Å². The fraction of sp³-hybridized carbons (Fsp3) is 0.273. The van der Waals surface area contributed by atoms with Crippen molar-refractivity contribution in [3.8, 4) is 11.5 Å². The first-order chi connectivity index (χ1) is 8.88. The van der Waals surface area contributed by atoms with E-state index in [0.717, 1.165) is 17.1 Å². The van der Waals surface area contributed by atoms with Gasteiger partial charge in [-0.2, -0.15) is 5.10 Å². The van der Waals surface area contributed by atoms with Gasteiger partial charge in [-0.05, 0) is 17.7 Å². The lowest BCUT2D eigenvalue weighted by molar-refractivity contribution is 0.171. The van der Waals surface area contributed by atoms with Crippen LogP contribution in [0, 0.1) is 0 Å². The van der Waals surface area contributed by atoms with Crippen LogP contribution in [0.25, 0.3) is 0 Å². The Balaban J connectivity index is 1.95. The molecule has 7 nitrogen and oxygen atoms in total. The molecule has 0 saturated carbocycles. The molecule has 1 aromatic carbocycles. The van der Waals surface area contributed by atoms with Gasteiger partial charge < -0.3 is 9.47 Å². The normalized spacial score (nSPS) is 15.4. The number of nitrogens with one attached hydrogen (secondary N) is 2. The second-order valence-corrected chi connectivity index (χ2v) is 3.87. The summed E-state index contributed by atoms with van der Waals surface area (Å²) >= 11 is 0. The van der Waals surface area contributed by atoms with Gasteiger partial charge in [0.1, 0.15) is 31.4 Å². The Morgan fingerprint density at radius 2 is 2.11 bits per heavy atom. The maximum Gasteiger partial charge on any atom is 0.161 e. The zero-order chi connectivity index (χ0) is 12.4. The number of aromatic amines is 1. The monoisotopic (exact) mass is 247 g/mol. The summed E-state index contributed by atoms with van der Waals surface area (Å²) in [7, 11) is 0. The Labute approximate surface area is 103 Å². The van der Waals surface area contributed by atoms with Crippen LogP contribution in [0.5, 0.6) is 11.5 Å². The van der Waals surface area contributed by atoms with Crippen LogP contribution in [0.3, 0.4) is 0 Å². The molecule has 1 aliphatic heterocycles. The molecule has 0 amide bonds. The van der Waals surface area contributed by atoms with E-state index in [9.17, 15) is 0 Å². The number of hydrazine groups is 1. The maximum atomic E-state index is 5.56. The molecule has 1 atom stereocenters. The molecule has 1 aromatic heterocycles. The highest BCUT2D eigenvalue weighted by Crippen LogP contribution is 2.33. The Hall–Kier alpha value is -2.12. The molecular weight excluding hydrogens is 234 g/mol. The minimum absolute atomic E-state index is 0.261. The van der Waals surface area contributed by atoms with Crippen molar-refractivity contribution < 1.29 is 9.47 Å². The molecule has 0 saturated heterocycles. The first kappa shape index (κ1) is 11.0. The van der Waals surface area contributed by atoms with E-state index in [4.69, 9.17) is 15.3 Å². The van der Waals surface area contributed by atoms with Gasteiger partial charge in [0, 0.05) is 0 Å². The van der Waals surface area contributed by atoms with Crippen molar-refractivity contribution in [1.82, 2.24) is 20.6 Å². The number of benzene rings is 1. The van der Waals surface area contributed by atoms with Crippen LogP contribution < -0.4 is 20.7 Å². The van der Waals surface area contributed by atoms with Crippen molar-refractivity contribution in [1.29, 1.82) is 0 Å². The van der Waals surface area contributed by atoms with E-state index >= 15 is 0 Å². The van der Waals surface area contributed by atoms with Crippen molar-refractivity contribution in [2.45, 2.75) is 6.04 Å². The standard InChI is InChI=1S/C11H13N5O2/c12-15-10(11-13-6-14-16-11)7-1-2-8-9(5-7)18-4-3-17-8/h1-2,5-6,10,15H,3-4,12H2,(H,13,14,16). The Kier molecular flexibility index (Phi) is 2.83. The molecule has 2 aromatic rings. The number of nitrogens with zero attached hydrogens (tertiary/aromatic N) is 2. The number of nitrogens with two attached hydrogens (primary N) is 1. The van der Waals surface area contributed by atoms with Crippen LogP contribution in [-0.4, -0.2) is 28.4 Å². The average Bonchev–Trinajstić information content (AvgIpc) is 2.93. The van der Waals surface area contributed by atoms with Gasteiger partial charge in [-0.1, -0.05) is 6.07 Å². The number of ether oxygens (including phenoxy) is 2. The number of aromatic nitrogens is 3. The molecule has 7 heteroatoms. The maximum absolute atomic E-state index is 5.56. The quantitative estimate of drug-likeness (QED) is 0.526. The largest absolute Gasteiger partial charge is 0.486 e. The first-order valence-electron chi connectivity index (χ1n) is 5.59. The summed E-state index contributed by atoms with van der Waals surface area (Å²) in [6, 6.07) is 5.41. The molecule has 4 N–H and O–H groups in total. The van der Waals surface area contributed by atoms with Gasteiger partial charge >= 0.3 is 0 Å². The Bertz CT molecular complexity index is 528. The minimum atomic E-state index is -0.261. The molecule has 3 rings (SSSR count). The highest BCUT2D eigenvalue weighted by atomic mass is 16.6. The summed E-state index contributed by atoms with van der Waals surface area (Å²) in [5.41, 5.74) is 3.63. The Morgan fingerprint density at radius 3 is 2.83 bits per heavy atom. The van der Waals surface area contributed by atoms with Gasteiger partial charge in [-0.25, -0.2) is 10.4 Å². The molecule has 0 spiro atoms. The highest BCUT2D eigenvalue weighted by Gasteiger charge is 2.19. The molecule has 0 bridgehead atoms. The van der Waals surface area contributed by atoms with Gasteiger partial charge in [-0.3, -0.25) is 10.9 Å². The third-order valence-electron chi connectivity index (χ3n) is 2.77. The van der Waals surface area contributed by atoms with Crippen LogP contribution in [0.2, 0.25) is 0 Å². The number of hydrogen-bond acceptors (Lipinski definition) is 6. The molecule has 1 aliphatic rings. The van der Waals surface area contributed by atoms with E-state index in [-0.39, 0.29) is 6.04 Å². The van der Waals surface area contributed by atoms with Gasteiger partial charge in [0.2, 0.25) is 0 Å². The van der Waals surface area contributed by atoms with Crippen LogP contribution in [0.1, 0.15) is 17.4 Å². The zero-order valence-electron chi connectivity index (χ0n) is 9.59. The smallest absolute Gasteiger partial charge is 0.161 e. The summed E-state index contributed by atoms with van der Waals surface area (Å²) in [5, 5.41) is 6.61. The highest BCUT2D eigenvalue weighted by molar-refractivity contribution is 5.45. The van der Waals surface area contributed by atoms with E-state index in [2.05, 4.69) is 20.6 Å². The molecule has 1 unspecified atom stereocenters. The van der Waals surface area contributed by atoms with E-state index in [1.54, 1.807) is 0 Å². The average molecular weight is 247 g/mol. The van der Waals surface area contributed by atoms with Crippen LogP contribution in [0.4, 0.5) is 0 Å². The van der Waals surface area contributed by atoms with E-state index in [1.165, 1.54) is 6.33 Å². The van der Waals surface area contributed by atoms with Crippen molar-refractivity contribution in [3.63, 3.8) is 0 Å².